The molecule has 0 saturated heterocycles. The van der Waals surface area contributed by atoms with Crippen LogP contribution in [-0.2, 0) is 0 Å². The molecule has 0 rings (SSSR count). The normalized spacial score (nSPS) is 10.8. The summed E-state index contributed by atoms with van der Waals surface area (Å²) in [5, 5.41) is 3.17. The van der Waals surface area contributed by atoms with Crippen LogP contribution in [0.4, 0.5) is 0 Å². The molecule has 0 aliphatic heterocycles. The summed E-state index contributed by atoms with van der Waals surface area (Å²) < 4.78 is 0. The third kappa shape index (κ3) is 8.04. The van der Waals surface area contributed by atoms with E-state index >= 15 is 0 Å². The molecule has 0 spiro atoms. The molecule has 1 nitrogen and oxygen atoms in total. The average molecular weight is 183 g/mol. The maximum absolute atomic E-state index is 4.08. The number of allylic oxidation sites excluding steroid dienone is 1. The summed E-state index contributed by atoms with van der Waals surface area (Å²) in [6.45, 7) is 9.68. The highest BCUT2D eigenvalue weighted by Gasteiger charge is 1.99. The minimum absolute atomic E-state index is 0.664. The highest BCUT2D eigenvalue weighted by Crippen LogP contribution is 2.15. The lowest BCUT2D eigenvalue weighted by Gasteiger charge is -2.08. The van der Waals surface area contributed by atoms with Gasteiger partial charge in [-0.15, -0.1) is 0 Å². The van der Waals surface area contributed by atoms with Gasteiger partial charge in [0.15, 0.2) is 0 Å². The first kappa shape index (κ1) is 12.7. The van der Waals surface area contributed by atoms with Gasteiger partial charge in [-0.1, -0.05) is 38.8 Å². The molecular weight excluding hydrogens is 158 g/mol. The van der Waals surface area contributed by atoms with Crippen LogP contribution in [0.15, 0.2) is 12.2 Å². The van der Waals surface area contributed by atoms with Crippen LogP contribution in [0.2, 0.25) is 0 Å². The highest BCUT2D eigenvalue weighted by atomic mass is 14.8. The van der Waals surface area contributed by atoms with Gasteiger partial charge >= 0.3 is 0 Å². The van der Waals surface area contributed by atoms with Crippen LogP contribution in [0, 0.1) is 5.92 Å². The summed E-state index contributed by atoms with van der Waals surface area (Å²) in [7, 11) is 2.01. The van der Waals surface area contributed by atoms with Crippen molar-refractivity contribution in [2.75, 3.05) is 13.6 Å². The lowest BCUT2D eigenvalue weighted by molar-refractivity contribution is 0.597. The van der Waals surface area contributed by atoms with E-state index in [1.54, 1.807) is 0 Å². The minimum Gasteiger partial charge on any atom is -0.320 e. The van der Waals surface area contributed by atoms with E-state index in [0.29, 0.717) is 5.92 Å². The van der Waals surface area contributed by atoms with E-state index in [9.17, 15) is 0 Å². The molecule has 0 aliphatic rings. The fourth-order valence-corrected chi connectivity index (χ4v) is 1.30. The zero-order valence-electron chi connectivity index (χ0n) is 9.53. The molecule has 0 heterocycles. The van der Waals surface area contributed by atoms with Gasteiger partial charge in [0, 0.05) is 0 Å². The smallest absolute Gasteiger partial charge is 0.00519 e. The Morgan fingerprint density at radius 2 is 1.77 bits per heavy atom. The zero-order chi connectivity index (χ0) is 10.1. The molecule has 1 N–H and O–H groups in total. The Balaban J connectivity index is 3.12. The monoisotopic (exact) mass is 183 g/mol. The second-order valence-corrected chi connectivity index (χ2v) is 4.08. The molecule has 0 radical (unpaired) electrons. The second kappa shape index (κ2) is 8.31. The van der Waals surface area contributed by atoms with Crippen molar-refractivity contribution in [3.8, 4) is 0 Å². The number of nitrogens with one attached hydrogen (secondary N) is 1. The van der Waals surface area contributed by atoms with E-state index in [0.717, 1.165) is 6.54 Å². The van der Waals surface area contributed by atoms with Gasteiger partial charge in [0.25, 0.3) is 0 Å². The number of unbranched alkanes of at least 4 members (excludes halogenated alkanes) is 3. The van der Waals surface area contributed by atoms with Gasteiger partial charge in [0.2, 0.25) is 0 Å². The topological polar surface area (TPSA) is 12.0 Å². The van der Waals surface area contributed by atoms with Crippen molar-refractivity contribution >= 4 is 0 Å². The van der Waals surface area contributed by atoms with E-state index in [1.807, 2.05) is 7.05 Å². The molecule has 0 unspecified atom stereocenters. The van der Waals surface area contributed by atoms with Gasteiger partial charge < -0.3 is 5.32 Å². The lowest BCUT2D eigenvalue weighted by Crippen LogP contribution is -2.06. The van der Waals surface area contributed by atoms with E-state index in [4.69, 9.17) is 0 Å². The molecule has 0 saturated carbocycles. The van der Waals surface area contributed by atoms with Gasteiger partial charge in [0.05, 0.1) is 0 Å². The Kier molecular flexibility index (Phi) is 8.11. The third-order valence-corrected chi connectivity index (χ3v) is 2.49. The molecule has 0 aromatic carbocycles. The molecule has 1 heteroatoms. The van der Waals surface area contributed by atoms with Crippen molar-refractivity contribution in [3.05, 3.63) is 12.2 Å². The number of rotatable bonds is 8. The molecule has 0 atom stereocenters. The molecular formula is C12H25N. The van der Waals surface area contributed by atoms with Crippen LogP contribution in [-0.4, -0.2) is 13.6 Å². The molecule has 0 fully saturated rings. The average Bonchev–Trinajstić information content (AvgIpc) is 2.10. The Hall–Kier alpha value is -0.300. The van der Waals surface area contributed by atoms with Crippen molar-refractivity contribution < 1.29 is 0 Å². The lowest BCUT2D eigenvalue weighted by atomic mass is 9.99. The Bertz CT molecular complexity index is 127. The molecule has 78 valence electrons. The molecule has 13 heavy (non-hydrogen) atoms. The number of hydrogen-bond donors (Lipinski definition) is 1. The van der Waals surface area contributed by atoms with Gasteiger partial charge in [0.1, 0.15) is 0 Å². The van der Waals surface area contributed by atoms with Crippen LogP contribution in [0.5, 0.6) is 0 Å². The predicted octanol–water partition coefficient (Wildman–Crippen LogP) is 3.37. The van der Waals surface area contributed by atoms with E-state index in [1.165, 1.54) is 37.7 Å². The maximum atomic E-state index is 4.08. The van der Waals surface area contributed by atoms with E-state index in [2.05, 4.69) is 25.7 Å². The van der Waals surface area contributed by atoms with Crippen molar-refractivity contribution in [1.82, 2.24) is 5.32 Å². The largest absolute Gasteiger partial charge is 0.320 e. The van der Waals surface area contributed by atoms with E-state index < -0.39 is 0 Å². The van der Waals surface area contributed by atoms with Gasteiger partial charge in [-0.05, 0) is 38.8 Å². The molecule has 0 bridgehead atoms. The van der Waals surface area contributed by atoms with Crippen molar-refractivity contribution in [3.63, 3.8) is 0 Å². The van der Waals surface area contributed by atoms with Crippen molar-refractivity contribution in [2.24, 2.45) is 5.92 Å². The second-order valence-electron chi connectivity index (χ2n) is 4.08. The first-order valence-electron chi connectivity index (χ1n) is 5.50. The van der Waals surface area contributed by atoms with Gasteiger partial charge in [-0.25, -0.2) is 0 Å². The van der Waals surface area contributed by atoms with E-state index in [-0.39, 0.29) is 0 Å². The summed E-state index contributed by atoms with van der Waals surface area (Å²) in [4.78, 5) is 0. The fraction of sp³-hybridized carbons (Fsp3) is 0.833. The zero-order valence-corrected chi connectivity index (χ0v) is 9.53. The summed E-state index contributed by atoms with van der Waals surface area (Å²) >= 11 is 0. The van der Waals surface area contributed by atoms with Crippen LogP contribution in [0.1, 0.15) is 46.0 Å². The minimum atomic E-state index is 0.664. The fourth-order valence-electron chi connectivity index (χ4n) is 1.30. The van der Waals surface area contributed by atoms with Gasteiger partial charge in [-0.2, -0.15) is 0 Å². The summed E-state index contributed by atoms with van der Waals surface area (Å²) in [5.74, 6) is 0.664. The number of hydrogen-bond acceptors (Lipinski definition) is 1. The Morgan fingerprint density at radius 3 is 2.31 bits per heavy atom. The van der Waals surface area contributed by atoms with Gasteiger partial charge in [-0.3, -0.25) is 0 Å². The molecule has 0 aromatic heterocycles. The first-order valence-corrected chi connectivity index (χ1v) is 5.50. The molecule has 0 aromatic rings. The van der Waals surface area contributed by atoms with Crippen LogP contribution >= 0.6 is 0 Å². The van der Waals surface area contributed by atoms with Crippen LogP contribution < -0.4 is 5.32 Å². The summed E-state index contributed by atoms with van der Waals surface area (Å²) in [6.07, 6.45) is 6.56. The maximum Gasteiger partial charge on any atom is -0.00519 e. The molecule has 0 aliphatic carbocycles. The third-order valence-electron chi connectivity index (χ3n) is 2.49. The van der Waals surface area contributed by atoms with Crippen molar-refractivity contribution in [1.29, 1.82) is 0 Å². The summed E-state index contributed by atoms with van der Waals surface area (Å²) in [5.41, 5.74) is 1.41. The van der Waals surface area contributed by atoms with Crippen LogP contribution in [0.3, 0.4) is 0 Å². The first-order chi connectivity index (χ1) is 6.18. The van der Waals surface area contributed by atoms with Crippen LogP contribution in [0.25, 0.3) is 0 Å². The standard InChI is InChI=1S/C12H25N/c1-11(2)12(3)9-7-5-6-8-10-13-4/h11,13H,3,5-10H2,1-2,4H3. The summed E-state index contributed by atoms with van der Waals surface area (Å²) in [6, 6.07) is 0. The molecule has 0 amide bonds. The Labute approximate surface area is 83.6 Å². The SMILES string of the molecule is C=C(CCCCCCNC)C(C)C. The highest BCUT2D eigenvalue weighted by molar-refractivity contribution is 4.96. The Morgan fingerprint density at radius 1 is 1.15 bits per heavy atom. The quantitative estimate of drug-likeness (QED) is 0.449. The van der Waals surface area contributed by atoms with Crippen molar-refractivity contribution in [2.45, 2.75) is 46.0 Å². The predicted molar refractivity (Wildman–Crippen MR) is 61.0 cm³/mol.